The number of hydrogen-bond acceptors (Lipinski definition) is 4. The highest BCUT2D eigenvalue weighted by Crippen LogP contribution is 2.39. The van der Waals surface area contributed by atoms with Gasteiger partial charge in [-0.25, -0.2) is 0 Å². The number of benzene rings is 1. The number of carboxylic acid groups (broad SMARTS) is 1. The van der Waals surface area contributed by atoms with Gasteiger partial charge in [0.25, 0.3) is 0 Å². The summed E-state index contributed by atoms with van der Waals surface area (Å²) in [5, 5.41) is 13.7. The Kier molecular flexibility index (Phi) is 4.61. The second-order valence-corrected chi connectivity index (χ2v) is 6.61. The highest BCUT2D eigenvalue weighted by Gasteiger charge is 2.41. The van der Waals surface area contributed by atoms with Gasteiger partial charge in [0.1, 0.15) is 5.76 Å². The number of piperidine rings is 1. The molecule has 6 nitrogen and oxygen atoms in total. The van der Waals surface area contributed by atoms with E-state index in [0.29, 0.717) is 18.7 Å². The van der Waals surface area contributed by atoms with Gasteiger partial charge in [0.2, 0.25) is 5.91 Å². The van der Waals surface area contributed by atoms with Crippen LogP contribution in [-0.4, -0.2) is 27.0 Å². The number of aryl methyl sites for hydroxylation is 3. The van der Waals surface area contributed by atoms with Crippen LogP contribution in [0.1, 0.15) is 47.0 Å². The minimum atomic E-state index is -0.871. The summed E-state index contributed by atoms with van der Waals surface area (Å²) in [6, 6.07) is 7.16. The van der Waals surface area contributed by atoms with Crippen molar-refractivity contribution in [2.45, 2.75) is 46.2 Å². The lowest BCUT2D eigenvalue weighted by atomic mass is 9.82. The number of likely N-dealkylation sites (tertiary alicyclic amines) is 1. The van der Waals surface area contributed by atoms with Gasteiger partial charge in [0.15, 0.2) is 0 Å². The molecule has 2 aromatic rings. The summed E-state index contributed by atoms with van der Waals surface area (Å²) in [5.41, 5.74) is 3.44. The van der Waals surface area contributed by atoms with Crippen molar-refractivity contribution in [3.05, 3.63) is 52.4 Å². The predicted octanol–water partition coefficient (Wildman–Crippen LogP) is 3.16. The average molecular weight is 342 g/mol. The van der Waals surface area contributed by atoms with Crippen molar-refractivity contribution in [2.75, 3.05) is 0 Å². The van der Waals surface area contributed by atoms with Gasteiger partial charge in [-0.15, -0.1) is 0 Å². The van der Waals surface area contributed by atoms with Gasteiger partial charge in [-0.05, 0) is 38.3 Å². The van der Waals surface area contributed by atoms with Crippen LogP contribution >= 0.6 is 0 Å². The van der Waals surface area contributed by atoms with Gasteiger partial charge in [0, 0.05) is 12.0 Å². The third-order valence-electron chi connectivity index (χ3n) is 5.04. The van der Waals surface area contributed by atoms with Gasteiger partial charge < -0.3 is 14.5 Å². The Morgan fingerprint density at radius 1 is 1.32 bits per heavy atom. The average Bonchev–Trinajstić information content (AvgIpc) is 2.88. The van der Waals surface area contributed by atoms with Crippen LogP contribution < -0.4 is 0 Å². The molecule has 1 aliphatic heterocycles. The van der Waals surface area contributed by atoms with Crippen LogP contribution in [0.4, 0.5) is 0 Å². The maximum Gasteiger partial charge on any atom is 0.308 e. The smallest absolute Gasteiger partial charge is 0.308 e. The molecule has 1 aliphatic rings. The molecular weight excluding hydrogens is 320 g/mol. The number of aliphatic carboxylic acids is 1. The maximum absolute atomic E-state index is 12.7. The number of aromatic nitrogens is 1. The Hall–Kier alpha value is -2.63. The number of hydrogen-bond donors (Lipinski definition) is 1. The minimum absolute atomic E-state index is 0.0363. The number of carboxylic acids is 1. The Labute approximate surface area is 146 Å². The number of rotatable bonds is 4. The summed E-state index contributed by atoms with van der Waals surface area (Å²) < 4.78 is 5.21. The van der Waals surface area contributed by atoms with Crippen LogP contribution in [0, 0.1) is 26.7 Å². The van der Waals surface area contributed by atoms with E-state index < -0.39 is 17.9 Å². The SMILES string of the molecule is Cc1ccccc1[C@@H]1[C@@H](C(=O)O)CCC(=O)N1Cc1c(C)noc1C. The summed E-state index contributed by atoms with van der Waals surface area (Å²) in [4.78, 5) is 26.2. The van der Waals surface area contributed by atoms with E-state index in [1.165, 1.54) is 0 Å². The molecule has 1 aromatic carbocycles. The number of amides is 1. The second kappa shape index (κ2) is 6.70. The van der Waals surface area contributed by atoms with E-state index in [1.54, 1.807) is 11.8 Å². The Morgan fingerprint density at radius 3 is 2.64 bits per heavy atom. The van der Waals surface area contributed by atoms with E-state index in [-0.39, 0.29) is 12.3 Å². The van der Waals surface area contributed by atoms with E-state index >= 15 is 0 Å². The molecule has 2 heterocycles. The zero-order valence-corrected chi connectivity index (χ0v) is 14.7. The molecule has 25 heavy (non-hydrogen) atoms. The van der Waals surface area contributed by atoms with Gasteiger partial charge >= 0.3 is 5.97 Å². The molecule has 1 fully saturated rings. The fourth-order valence-electron chi connectivity index (χ4n) is 3.60. The molecule has 0 unspecified atom stereocenters. The summed E-state index contributed by atoms with van der Waals surface area (Å²) in [5.74, 6) is -0.874. The first kappa shape index (κ1) is 17.2. The zero-order chi connectivity index (χ0) is 18.1. The first-order valence-corrected chi connectivity index (χ1v) is 8.39. The van der Waals surface area contributed by atoms with Crippen LogP contribution in [0.2, 0.25) is 0 Å². The molecule has 0 saturated carbocycles. The number of carbonyl (C=O) groups is 2. The first-order valence-electron chi connectivity index (χ1n) is 8.39. The molecule has 0 aliphatic carbocycles. The molecule has 0 spiro atoms. The van der Waals surface area contributed by atoms with Gasteiger partial charge in [-0.2, -0.15) is 0 Å². The number of carbonyl (C=O) groups excluding carboxylic acids is 1. The van der Waals surface area contributed by atoms with Crippen molar-refractivity contribution in [3.8, 4) is 0 Å². The van der Waals surface area contributed by atoms with Crippen molar-refractivity contribution in [3.63, 3.8) is 0 Å². The second-order valence-electron chi connectivity index (χ2n) is 6.61. The first-order chi connectivity index (χ1) is 11.9. The lowest BCUT2D eigenvalue weighted by Gasteiger charge is -2.40. The molecule has 0 bridgehead atoms. The maximum atomic E-state index is 12.7. The molecule has 1 aromatic heterocycles. The van der Waals surface area contributed by atoms with Gasteiger partial charge in [0.05, 0.1) is 24.2 Å². The van der Waals surface area contributed by atoms with Gasteiger partial charge in [-0.1, -0.05) is 29.4 Å². The van der Waals surface area contributed by atoms with Crippen molar-refractivity contribution in [1.29, 1.82) is 0 Å². The van der Waals surface area contributed by atoms with E-state index in [9.17, 15) is 14.7 Å². The molecule has 0 radical (unpaired) electrons. The fraction of sp³-hybridized carbons (Fsp3) is 0.421. The van der Waals surface area contributed by atoms with Crippen LogP contribution in [0.3, 0.4) is 0 Å². The monoisotopic (exact) mass is 342 g/mol. The van der Waals surface area contributed by atoms with Crippen LogP contribution in [0.5, 0.6) is 0 Å². The highest BCUT2D eigenvalue weighted by molar-refractivity contribution is 5.82. The number of nitrogens with zero attached hydrogens (tertiary/aromatic N) is 2. The van der Waals surface area contributed by atoms with E-state index in [2.05, 4.69) is 5.16 Å². The van der Waals surface area contributed by atoms with Crippen LogP contribution in [-0.2, 0) is 16.1 Å². The summed E-state index contributed by atoms with van der Waals surface area (Å²) >= 11 is 0. The standard InChI is InChI=1S/C19H22N2O4/c1-11-6-4-5-7-14(11)18-15(19(23)24)8-9-17(22)21(18)10-16-12(2)20-25-13(16)3/h4-7,15,18H,8-10H2,1-3H3,(H,23,24)/t15-,18+/m0/s1. The van der Waals surface area contributed by atoms with Crippen molar-refractivity contribution in [2.24, 2.45) is 5.92 Å². The van der Waals surface area contributed by atoms with Crippen molar-refractivity contribution in [1.82, 2.24) is 10.1 Å². The zero-order valence-electron chi connectivity index (χ0n) is 14.7. The van der Waals surface area contributed by atoms with E-state index in [4.69, 9.17) is 4.52 Å². The van der Waals surface area contributed by atoms with Gasteiger partial charge in [-0.3, -0.25) is 9.59 Å². The fourth-order valence-corrected chi connectivity index (χ4v) is 3.60. The third-order valence-corrected chi connectivity index (χ3v) is 5.04. The molecule has 1 amide bonds. The van der Waals surface area contributed by atoms with Crippen molar-refractivity contribution >= 4 is 11.9 Å². The molecular formula is C19H22N2O4. The normalized spacial score (nSPS) is 20.8. The molecule has 1 saturated heterocycles. The third kappa shape index (κ3) is 3.16. The summed E-state index contributed by atoms with van der Waals surface area (Å²) in [6.07, 6.45) is 0.591. The Bertz CT molecular complexity index is 792. The van der Waals surface area contributed by atoms with Crippen LogP contribution in [0.25, 0.3) is 0 Å². The quantitative estimate of drug-likeness (QED) is 0.923. The molecule has 1 N–H and O–H groups in total. The Morgan fingerprint density at radius 2 is 2.04 bits per heavy atom. The van der Waals surface area contributed by atoms with Crippen LogP contribution in [0.15, 0.2) is 28.8 Å². The highest BCUT2D eigenvalue weighted by atomic mass is 16.5. The molecule has 2 atom stereocenters. The topological polar surface area (TPSA) is 83.6 Å². The lowest BCUT2D eigenvalue weighted by Crippen LogP contribution is -2.45. The largest absolute Gasteiger partial charge is 0.481 e. The molecule has 132 valence electrons. The molecule has 3 rings (SSSR count). The summed E-state index contributed by atoms with van der Waals surface area (Å²) in [7, 11) is 0. The summed E-state index contributed by atoms with van der Waals surface area (Å²) in [6.45, 7) is 5.89. The van der Waals surface area contributed by atoms with E-state index in [1.807, 2.05) is 38.1 Å². The Balaban J connectivity index is 2.06. The van der Waals surface area contributed by atoms with E-state index in [0.717, 1.165) is 22.4 Å². The minimum Gasteiger partial charge on any atom is -0.481 e. The lowest BCUT2D eigenvalue weighted by molar-refractivity contribution is -0.152. The molecule has 6 heteroatoms. The predicted molar refractivity (Wildman–Crippen MR) is 90.8 cm³/mol. The van der Waals surface area contributed by atoms with Crippen molar-refractivity contribution < 1.29 is 19.2 Å².